The van der Waals surface area contributed by atoms with E-state index in [-0.39, 0.29) is 11.4 Å². The molecule has 0 saturated carbocycles. The second-order valence-electron chi connectivity index (χ2n) is 7.37. The normalized spacial score (nSPS) is 12.6. The van der Waals surface area contributed by atoms with Crippen molar-refractivity contribution in [3.63, 3.8) is 0 Å². The van der Waals surface area contributed by atoms with Crippen LogP contribution in [0.4, 0.5) is 0 Å². The quantitative estimate of drug-likeness (QED) is 0.502. The van der Waals surface area contributed by atoms with Crippen molar-refractivity contribution in [3.8, 4) is 0 Å². The summed E-state index contributed by atoms with van der Waals surface area (Å²) in [5.41, 5.74) is 6.13. The van der Waals surface area contributed by atoms with Gasteiger partial charge in [-0.1, -0.05) is 31.6 Å². The number of thiol groups is 1. The molecular weight excluding hydrogens is 288 g/mol. The summed E-state index contributed by atoms with van der Waals surface area (Å²) in [6.07, 6.45) is 3.58. The minimum atomic E-state index is -0.221. The molecule has 0 aliphatic rings. The maximum Gasteiger partial charge on any atom is 0.223 e. The summed E-state index contributed by atoms with van der Waals surface area (Å²) in [6.45, 7) is 12.3. The standard InChI is InChI=1S/C15H32N2OS2/c1-14(2,3)8-6-10-17(11-9-15(4,5)16)13(18)7-12-20-19/h19H,6-12,16H2,1-5H3. The third kappa shape index (κ3) is 11.9. The van der Waals surface area contributed by atoms with Crippen molar-refractivity contribution in [2.45, 2.75) is 65.8 Å². The van der Waals surface area contributed by atoms with Gasteiger partial charge < -0.3 is 10.6 Å². The molecule has 0 aromatic rings. The van der Waals surface area contributed by atoms with Gasteiger partial charge in [-0.05, 0) is 38.5 Å². The van der Waals surface area contributed by atoms with Crippen LogP contribution in [0.15, 0.2) is 0 Å². The molecule has 2 N–H and O–H groups in total. The molecule has 0 saturated heterocycles. The highest BCUT2D eigenvalue weighted by Crippen LogP contribution is 2.21. The Hall–Kier alpha value is 0.130. The fraction of sp³-hybridized carbons (Fsp3) is 0.933. The summed E-state index contributed by atoms with van der Waals surface area (Å²) in [5, 5.41) is 0. The molecule has 20 heavy (non-hydrogen) atoms. The molecule has 0 spiro atoms. The van der Waals surface area contributed by atoms with E-state index >= 15 is 0 Å². The lowest BCUT2D eigenvalue weighted by Crippen LogP contribution is -2.40. The molecule has 0 unspecified atom stereocenters. The third-order valence-electron chi connectivity index (χ3n) is 3.14. The van der Waals surface area contributed by atoms with E-state index in [9.17, 15) is 4.79 Å². The SMILES string of the molecule is CC(C)(C)CCCN(CCC(C)(C)N)C(=O)CCSS. The molecule has 0 aliphatic carbocycles. The molecule has 0 heterocycles. The van der Waals surface area contributed by atoms with E-state index in [1.54, 1.807) is 0 Å². The lowest BCUT2D eigenvalue weighted by molar-refractivity contribution is -0.131. The van der Waals surface area contributed by atoms with Crippen molar-refractivity contribution in [1.82, 2.24) is 4.90 Å². The smallest absolute Gasteiger partial charge is 0.223 e. The maximum atomic E-state index is 12.2. The predicted octanol–water partition coefficient (Wildman–Crippen LogP) is 3.74. The molecule has 120 valence electrons. The summed E-state index contributed by atoms with van der Waals surface area (Å²) >= 11 is 4.10. The van der Waals surface area contributed by atoms with Crippen molar-refractivity contribution in [3.05, 3.63) is 0 Å². The Kier molecular flexibility index (Phi) is 9.27. The number of rotatable bonds is 9. The molecule has 0 aliphatic heterocycles. The number of hydrogen-bond donors (Lipinski definition) is 2. The lowest BCUT2D eigenvalue weighted by atomic mass is 9.90. The van der Waals surface area contributed by atoms with E-state index in [2.05, 4.69) is 32.4 Å². The first-order valence-electron chi connectivity index (χ1n) is 7.38. The van der Waals surface area contributed by atoms with Crippen molar-refractivity contribution in [2.24, 2.45) is 11.1 Å². The van der Waals surface area contributed by atoms with Crippen molar-refractivity contribution in [1.29, 1.82) is 0 Å². The van der Waals surface area contributed by atoms with Gasteiger partial charge in [0.05, 0.1) is 0 Å². The second kappa shape index (κ2) is 9.21. The Morgan fingerprint density at radius 1 is 1.15 bits per heavy atom. The highest BCUT2D eigenvalue weighted by molar-refractivity contribution is 8.68. The van der Waals surface area contributed by atoms with Gasteiger partial charge in [-0.15, -0.1) is 11.7 Å². The van der Waals surface area contributed by atoms with Crippen LogP contribution in [0.1, 0.15) is 60.3 Å². The monoisotopic (exact) mass is 320 g/mol. The number of carbonyl (C=O) groups is 1. The van der Waals surface area contributed by atoms with Gasteiger partial charge in [0, 0.05) is 30.8 Å². The molecule has 0 fully saturated rings. The number of amides is 1. The van der Waals surface area contributed by atoms with Crippen LogP contribution in [-0.2, 0) is 4.79 Å². The molecule has 0 bridgehead atoms. The lowest BCUT2D eigenvalue weighted by Gasteiger charge is -2.28. The summed E-state index contributed by atoms with van der Waals surface area (Å²) in [4.78, 5) is 14.2. The van der Waals surface area contributed by atoms with Crippen LogP contribution < -0.4 is 5.73 Å². The molecule has 0 rings (SSSR count). The number of carbonyl (C=O) groups excluding carboxylic acids is 1. The first-order valence-corrected chi connectivity index (χ1v) is 9.42. The molecule has 5 heteroatoms. The first kappa shape index (κ1) is 20.1. The van der Waals surface area contributed by atoms with E-state index < -0.39 is 0 Å². The Morgan fingerprint density at radius 3 is 2.20 bits per heavy atom. The number of hydrogen-bond acceptors (Lipinski definition) is 4. The Bertz CT molecular complexity index is 283. The van der Waals surface area contributed by atoms with Crippen molar-refractivity contribution >= 4 is 28.4 Å². The summed E-state index contributed by atoms with van der Waals surface area (Å²) in [6, 6.07) is 0. The van der Waals surface area contributed by atoms with E-state index in [0.717, 1.165) is 38.1 Å². The molecule has 0 aromatic heterocycles. The van der Waals surface area contributed by atoms with E-state index in [1.807, 2.05) is 18.7 Å². The first-order chi connectivity index (χ1) is 9.05. The van der Waals surface area contributed by atoms with Crippen LogP contribution in [0.3, 0.4) is 0 Å². The van der Waals surface area contributed by atoms with Gasteiger partial charge in [0.15, 0.2) is 0 Å². The summed E-state index contributed by atoms with van der Waals surface area (Å²) < 4.78 is 0. The Balaban J connectivity index is 4.35. The van der Waals surface area contributed by atoms with Crippen LogP contribution in [0.25, 0.3) is 0 Å². The van der Waals surface area contributed by atoms with E-state index in [1.165, 1.54) is 10.8 Å². The van der Waals surface area contributed by atoms with Crippen molar-refractivity contribution < 1.29 is 4.79 Å². The topological polar surface area (TPSA) is 46.3 Å². The number of nitrogens with zero attached hydrogens (tertiary/aromatic N) is 1. The maximum absolute atomic E-state index is 12.2. The average molecular weight is 321 g/mol. The van der Waals surface area contributed by atoms with E-state index in [0.29, 0.717) is 11.8 Å². The minimum Gasteiger partial charge on any atom is -0.343 e. The molecule has 3 nitrogen and oxygen atoms in total. The van der Waals surface area contributed by atoms with E-state index in [4.69, 9.17) is 5.73 Å². The fourth-order valence-corrected chi connectivity index (χ4v) is 2.42. The predicted molar refractivity (Wildman–Crippen MR) is 94.2 cm³/mol. The van der Waals surface area contributed by atoms with Gasteiger partial charge in [-0.2, -0.15) is 0 Å². The summed E-state index contributed by atoms with van der Waals surface area (Å²) in [5.74, 6) is 0.994. The van der Waals surface area contributed by atoms with Crippen LogP contribution in [-0.4, -0.2) is 35.2 Å². The average Bonchev–Trinajstić information content (AvgIpc) is 2.27. The summed E-state index contributed by atoms with van der Waals surface area (Å²) in [7, 11) is 1.42. The van der Waals surface area contributed by atoms with Crippen LogP contribution in [0, 0.1) is 5.41 Å². The zero-order valence-corrected chi connectivity index (χ0v) is 15.4. The largest absolute Gasteiger partial charge is 0.343 e. The Morgan fingerprint density at radius 2 is 1.75 bits per heavy atom. The molecule has 1 amide bonds. The number of nitrogens with two attached hydrogens (primary N) is 1. The van der Waals surface area contributed by atoms with Gasteiger partial charge in [-0.3, -0.25) is 4.79 Å². The molecule has 0 aromatic carbocycles. The third-order valence-corrected chi connectivity index (χ3v) is 4.08. The highest BCUT2D eigenvalue weighted by atomic mass is 33.1. The molecular formula is C15H32N2OS2. The van der Waals surface area contributed by atoms with Gasteiger partial charge in [0.25, 0.3) is 0 Å². The van der Waals surface area contributed by atoms with Gasteiger partial charge >= 0.3 is 0 Å². The zero-order chi connectivity index (χ0) is 15.8. The van der Waals surface area contributed by atoms with Gasteiger partial charge in [-0.25, -0.2) is 0 Å². The van der Waals surface area contributed by atoms with Crippen LogP contribution >= 0.6 is 22.5 Å². The highest BCUT2D eigenvalue weighted by Gasteiger charge is 2.18. The fourth-order valence-electron chi connectivity index (χ4n) is 1.88. The molecule has 0 atom stereocenters. The van der Waals surface area contributed by atoms with Crippen LogP contribution in [0.2, 0.25) is 0 Å². The minimum absolute atomic E-state index is 0.221. The molecule has 0 radical (unpaired) electrons. The van der Waals surface area contributed by atoms with Crippen LogP contribution in [0.5, 0.6) is 0 Å². The zero-order valence-electron chi connectivity index (χ0n) is 13.7. The Labute approximate surface area is 134 Å². The van der Waals surface area contributed by atoms with Gasteiger partial charge in [0.2, 0.25) is 5.91 Å². The van der Waals surface area contributed by atoms with Crippen molar-refractivity contribution in [2.75, 3.05) is 18.8 Å². The second-order valence-corrected chi connectivity index (χ2v) is 8.81. The van der Waals surface area contributed by atoms with Gasteiger partial charge in [0.1, 0.15) is 0 Å².